The summed E-state index contributed by atoms with van der Waals surface area (Å²) in [6, 6.07) is 16.4. The molecule has 1 aromatic heterocycles. The van der Waals surface area contributed by atoms with Gasteiger partial charge in [-0.15, -0.1) is 0 Å². The minimum Gasteiger partial charge on any atom is -0.311 e. The zero-order valence-corrected chi connectivity index (χ0v) is 17.6. The van der Waals surface area contributed by atoms with Crippen LogP contribution in [0.25, 0.3) is 0 Å². The van der Waals surface area contributed by atoms with Crippen LogP contribution in [0.4, 0.5) is 10.2 Å². The van der Waals surface area contributed by atoms with E-state index in [1.54, 1.807) is 16.9 Å². The predicted octanol–water partition coefficient (Wildman–Crippen LogP) is 3.11. The largest absolute Gasteiger partial charge is 0.311 e. The number of hydrogen-bond donors (Lipinski definition) is 1. The molecule has 4 rings (SSSR count). The molecule has 0 spiro atoms. The Labute approximate surface area is 180 Å². The number of carbonyl (C=O) groups is 1. The van der Waals surface area contributed by atoms with E-state index in [4.69, 9.17) is 0 Å². The monoisotopic (exact) mass is 442 g/mol. The first-order valence-corrected chi connectivity index (χ1v) is 11.5. The Morgan fingerprint density at radius 2 is 1.71 bits per heavy atom. The second-order valence-electron chi connectivity index (χ2n) is 7.48. The molecule has 1 N–H and O–H groups in total. The van der Waals surface area contributed by atoms with Crippen molar-refractivity contribution in [3.05, 3.63) is 78.2 Å². The number of benzene rings is 2. The summed E-state index contributed by atoms with van der Waals surface area (Å²) >= 11 is 0. The highest BCUT2D eigenvalue weighted by Gasteiger charge is 2.32. The molecule has 162 valence electrons. The molecule has 0 radical (unpaired) electrons. The van der Waals surface area contributed by atoms with Crippen LogP contribution in [0.5, 0.6) is 0 Å². The van der Waals surface area contributed by atoms with E-state index in [-0.39, 0.29) is 29.8 Å². The van der Waals surface area contributed by atoms with E-state index >= 15 is 0 Å². The van der Waals surface area contributed by atoms with Gasteiger partial charge in [-0.25, -0.2) is 17.5 Å². The lowest BCUT2D eigenvalue weighted by Crippen LogP contribution is -2.41. The predicted molar refractivity (Wildman–Crippen MR) is 114 cm³/mol. The summed E-state index contributed by atoms with van der Waals surface area (Å²) in [4.78, 5) is 12.8. The third-order valence-corrected chi connectivity index (χ3v) is 7.33. The van der Waals surface area contributed by atoms with Crippen LogP contribution in [-0.4, -0.2) is 41.5 Å². The summed E-state index contributed by atoms with van der Waals surface area (Å²) in [5.41, 5.74) is 1.07. The number of sulfonamides is 1. The average molecular weight is 443 g/mol. The van der Waals surface area contributed by atoms with Gasteiger partial charge in [0.2, 0.25) is 15.9 Å². The van der Waals surface area contributed by atoms with Crippen molar-refractivity contribution in [3.8, 4) is 0 Å². The first kappa shape index (κ1) is 21.2. The van der Waals surface area contributed by atoms with Gasteiger partial charge in [0.1, 0.15) is 11.6 Å². The fourth-order valence-corrected chi connectivity index (χ4v) is 5.13. The fourth-order valence-electron chi connectivity index (χ4n) is 3.66. The summed E-state index contributed by atoms with van der Waals surface area (Å²) in [5, 5.41) is 7.21. The third kappa shape index (κ3) is 4.83. The molecule has 1 saturated heterocycles. The first-order valence-electron chi connectivity index (χ1n) is 10.1. The number of carbonyl (C=O) groups excluding carboxylic acids is 1. The van der Waals surface area contributed by atoms with Gasteiger partial charge >= 0.3 is 0 Å². The van der Waals surface area contributed by atoms with Gasteiger partial charge in [0.15, 0.2) is 0 Å². The van der Waals surface area contributed by atoms with E-state index in [0.29, 0.717) is 25.2 Å². The lowest BCUT2D eigenvalue weighted by atomic mass is 9.97. The summed E-state index contributed by atoms with van der Waals surface area (Å²) in [6.45, 7) is 1.01. The zero-order chi connectivity index (χ0) is 21.8. The maximum atomic E-state index is 13.1. The number of halogens is 1. The highest BCUT2D eigenvalue weighted by atomic mass is 32.2. The van der Waals surface area contributed by atoms with Crippen LogP contribution in [-0.2, 0) is 21.4 Å². The Morgan fingerprint density at radius 3 is 2.39 bits per heavy atom. The molecule has 9 heteroatoms. The molecule has 1 fully saturated rings. The Hall–Kier alpha value is -3.04. The van der Waals surface area contributed by atoms with Crippen LogP contribution in [0.2, 0.25) is 0 Å². The lowest BCUT2D eigenvalue weighted by Gasteiger charge is -2.30. The van der Waals surface area contributed by atoms with Crippen molar-refractivity contribution in [2.45, 2.75) is 24.3 Å². The van der Waals surface area contributed by atoms with Gasteiger partial charge in [-0.2, -0.15) is 9.40 Å². The lowest BCUT2D eigenvalue weighted by molar-refractivity contribution is -0.121. The van der Waals surface area contributed by atoms with Crippen LogP contribution in [0, 0.1) is 11.7 Å². The number of nitrogens with zero attached hydrogens (tertiary/aromatic N) is 3. The quantitative estimate of drug-likeness (QED) is 0.636. The van der Waals surface area contributed by atoms with Gasteiger partial charge < -0.3 is 5.32 Å². The zero-order valence-electron chi connectivity index (χ0n) is 16.8. The van der Waals surface area contributed by atoms with E-state index in [1.165, 1.54) is 16.4 Å². The van der Waals surface area contributed by atoms with Crippen LogP contribution in [0.3, 0.4) is 0 Å². The van der Waals surface area contributed by atoms with Gasteiger partial charge in [0.25, 0.3) is 0 Å². The number of anilines is 1. The molecule has 3 aromatic rings. The molecule has 31 heavy (non-hydrogen) atoms. The smallest absolute Gasteiger partial charge is 0.243 e. The molecular weight excluding hydrogens is 419 g/mol. The van der Waals surface area contributed by atoms with Gasteiger partial charge in [0.05, 0.1) is 17.6 Å². The topological polar surface area (TPSA) is 84.3 Å². The molecule has 1 aliphatic rings. The molecule has 2 heterocycles. The molecule has 2 aromatic carbocycles. The SMILES string of the molecule is O=C(Nc1ccnn1Cc1ccccc1)C1CCN(S(=O)(=O)c2ccc(F)cc2)CC1. The van der Waals surface area contributed by atoms with Crippen LogP contribution < -0.4 is 5.32 Å². The molecule has 7 nitrogen and oxygen atoms in total. The van der Waals surface area contributed by atoms with E-state index in [1.807, 2.05) is 30.3 Å². The average Bonchev–Trinajstić information content (AvgIpc) is 3.21. The summed E-state index contributed by atoms with van der Waals surface area (Å²) in [5.74, 6) is -0.315. The van der Waals surface area contributed by atoms with Gasteiger partial charge in [0, 0.05) is 25.1 Å². The standard InChI is InChI=1S/C22H23FN4O3S/c23-19-6-8-20(9-7-19)31(29,30)26-14-11-18(12-15-26)22(28)25-21-10-13-24-27(21)16-17-4-2-1-3-5-17/h1-10,13,18H,11-12,14-16H2,(H,25,28). The molecule has 0 atom stereocenters. The second kappa shape index (κ2) is 8.99. The normalized spacial score (nSPS) is 15.6. The van der Waals surface area contributed by atoms with Crippen molar-refractivity contribution in [1.29, 1.82) is 0 Å². The van der Waals surface area contributed by atoms with Crippen LogP contribution in [0.15, 0.2) is 71.8 Å². The van der Waals surface area contributed by atoms with E-state index in [2.05, 4.69) is 10.4 Å². The molecule has 1 amide bonds. The summed E-state index contributed by atoms with van der Waals surface area (Å²) in [7, 11) is -3.70. The highest BCUT2D eigenvalue weighted by molar-refractivity contribution is 7.89. The van der Waals surface area contributed by atoms with Gasteiger partial charge in [-0.3, -0.25) is 4.79 Å². The molecule has 1 aliphatic heterocycles. The molecule has 0 aliphatic carbocycles. The number of aromatic nitrogens is 2. The van der Waals surface area contributed by atoms with Crippen molar-refractivity contribution in [3.63, 3.8) is 0 Å². The first-order chi connectivity index (χ1) is 14.9. The highest BCUT2D eigenvalue weighted by Crippen LogP contribution is 2.25. The van der Waals surface area contributed by atoms with Crippen molar-refractivity contribution < 1.29 is 17.6 Å². The Kier molecular flexibility index (Phi) is 6.15. The Bertz CT molecular complexity index is 1140. The number of hydrogen-bond acceptors (Lipinski definition) is 4. The number of amides is 1. The third-order valence-electron chi connectivity index (χ3n) is 5.42. The minimum atomic E-state index is -3.70. The summed E-state index contributed by atoms with van der Waals surface area (Å²) < 4.78 is 41.7. The molecule has 0 saturated carbocycles. The Balaban J connectivity index is 1.36. The number of rotatable bonds is 6. The molecule has 0 bridgehead atoms. The minimum absolute atomic E-state index is 0.0571. The number of piperidine rings is 1. The van der Waals surface area contributed by atoms with Gasteiger partial charge in [-0.05, 0) is 42.7 Å². The van der Waals surface area contributed by atoms with Crippen molar-refractivity contribution >= 4 is 21.7 Å². The fraction of sp³-hybridized carbons (Fsp3) is 0.273. The summed E-state index contributed by atoms with van der Waals surface area (Å²) in [6.07, 6.45) is 2.47. The van der Waals surface area contributed by atoms with E-state index in [9.17, 15) is 17.6 Å². The van der Waals surface area contributed by atoms with E-state index < -0.39 is 15.8 Å². The van der Waals surface area contributed by atoms with Crippen LogP contribution in [0.1, 0.15) is 18.4 Å². The molecular formula is C22H23FN4O3S. The molecule has 0 unspecified atom stereocenters. The van der Waals surface area contributed by atoms with Crippen molar-refractivity contribution in [2.75, 3.05) is 18.4 Å². The van der Waals surface area contributed by atoms with Crippen molar-refractivity contribution in [2.24, 2.45) is 5.92 Å². The maximum absolute atomic E-state index is 13.1. The number of nitrogens with one attached hydrogen (secondary N) is 1. The van der Waals surface area contributed by atoms with Crippen LogP contribution >= 0.6 is 0 Å². The Morgan fingerprint density at radius 1 is 1.03 bits per heavy atom. The van der Waals surface area contributed by atoms with E-state index in [0.717, 1.165) is 17.7 Å². The van der Waals surface area contributed by atoms with Crippen molar-refractivity contribution in [1.82, 2.24) is 14.1 Å². The second-order valence-corrected chi connectivity index (χ2v) is 9.42. The van der Waals surface area contributed by atoms with Gasteiger partial charge in [-0.1, -0.05) is 30.3 Å². The maximum Gasteiger partial charge on any atom is 0.243 e.